The molecule has 0 heterocycles. The number of nitro groups is 1. The molecule has 102 valence electrons. The van der Waals surface area contributed by atoms with Crippen molar-refractivity contribution in [3.05, 3.63) is 39.9 Å². The number of Topliss-reactive ketones (excluding diaryl/α,β-unsaturated/α-hetero) is 1. The predicted molar refractivity (Wildman–Crippen MR) is 70.3 cm³/mol. The normalized spacial score (nSPS) is 9.89. The minimum absolute atomic E-state index is 0.0564. The van der Waals surface area contributed by atoms with Crippen LogP contribution in [0.25, 0.3) is 0 Å². The van der Waals surface area contributed by atoms with Crippen molar-refractivity contribution in [1.82, 2.24) is 0 Å². The van der Waals surface area contributed by atoms with Crippen LogP contribution in [0, 0.1) is 10.1 Å². The highest BCUT2D eigenvalue weighted by Crippen LogP contribution is 2.14. The van der Waals surface area contributed by atoms with Crippen LogP contribution in [0.5, 0.6) is 0 Å². The summed E-state index contributed by atoms with van der Waals surface area (Å²) in [5, 5.41) is 10.4. The van der Waals surface area contributed by atoms with E-state index in [0.29, 0.717) is 11.3 Å². The van der Waals surface area contributed by atoms with Gasteiger partial charge in [-0.3, -0.25) is 14.9 Å². The molecule has 0 radical (unpaired) electrons. The second-order valence-electron chi connectivity index (χ2n) is 3.45. The maximum atomic E-state index is 11.7. The van der Waals surface area contributed by atoms with Gasteiger partial charge in [-0.05, 0) is 12.1 Å². The molecule has 0 aliphatic carbocycles. The molecule has 0 fully saturated rings. The smallest absolute Gasteiger partial charge is 0.404 e. The van der Waals surface area contributed by atoms with E-state index in [1.807, 2.05) is 0 Å². The van der Waals surface area contributed by atoms with Gasteiger partial charge >= 0.3 is 6.09 Å². The summed E-state index contributed by atoms with van der Waals surface area (Å²) in [6.45, 7) is 0.146. The number of nitro benzene ring substituents is 1. The van der Waals surface area contributed by atoms with Crippen LogP contribution >= 0.6 is 11.8 Å². The highest BCUT2D eigenvalue weighted by atomic mass is 32.2. The largest absolute Gasteiger partial charge is 0.449 e. The summed E-state index contributed by atoms with van der Waals surface area (Å²) < 4.78 is 4.50. The summed E-state index contributed by atoms with van der Waals surface area (Å²) in [5.74, 6) is 0.528. The molecule has 1 amide bonds. The van der Waals surface area contributed by atoms with Crippen molar-refractivity contribution in [2.75, 3.05) is 18.1 Å². The van der Waals surface area contributed by atoms with Crippen LogP contribution in [-0.2, 0) is 4.74 Å². The van der Waals surface area contributed by atoms with Crippen LogP contribution in [0.2, 0.25) is 0 Å². The van der Waals surface area contributed by atoms with Gasteiger partial charge in [0.25, 0.3) is 5.69 Å². The summed E-state index contributed by atoms with van der Waals surface area (Å²) in [6.07, 6.45) is -0.845. The van der Waals surface area contributed by atoms with Gasteiger partial charge in [0, 0.05) is 23.4 Å². The molecule has 0 spiro atoms. The summed E-state index contributed by atoms with van der Waals surface area (Å²) >= 11 is 1.29. The Labute approximate surface area is 113 Å². The van der Waals surface area contributed by atoms with Crippen LogP contribution < -0.4 is 5.73 Å². The Morgan fingerprint density at radius 2 is 1.95 bits per heavy atom. The number of hydrogen-bond acceptors (Lipinski definition) is 6. The van der Waals surface area contributed by atoms with Gasteiger partial charge in [0.1, 0.15) is 6.61 Å². The number of nitrogens with two attached hydrogens (primary N) is 1. The molecule has 0 atom stereocenters. The van der Waals surface area contributed by atoms with Gasteiger partial charge in [0.15, 0.2) is 5.78 Å². The second-order valence-corrected chi connectivity index (χ2v) is 4.55. The molecule has 1 aromatic rings. The fourth-order valence-electron chi connectivity index (χ4n) is 1.22. The molecular weight excluding hydrogens is 272 g/mol. The third-order valence-electron chi connectivity index (χ3n) is 2.11. The molecule has 0 unspecified atom stereocenters. The number of carbonyl (C=O) groups excluding carboxylic acids is 2. The number of carbonyl (C=O) groups is 2. The van der Waals surface area contributed by atoms with Crippen molar-refractivity contribution >= 4 is 29.3 Å². The Morgan fingerprint density at radius 1 is 1.32 bits per heavy atom. The molecule has 7 nitrogen and oxygen atoms in total. The van der Waals surface area contributed by atoms with Gasteiger partial charge < -0.3 is 10.5 Å². The van der Waals surface area contributed by atoms with Crippen molar-refractivity contribution in [3.8, 4) is 0 Å². The van der Waals surface area contributed by atoms with E-state index in [2.05, 4.69) is 4.74 Å². The number of rotatable bonds is 7. The zero-order valence-corrected chi connectivity index (χ0v) is 10.7. The van der Waals surface area contributed by atoms with E-state index in [1.54, 1.807) is 0 Å². The van der Waals surface area contributed by atoms with Crippen molar-refractivity contribution < 1.29 is 19.2 Å². The number of primary amides is 1. The lowest BCUT2D eigenvalue weighted by Crippen LogP contribution is -2.15. The number of amides is 1. The monoisotopic (exact) mass is 284 g/mol. The van der Waals surface area contributed by atoms with Gasteiger partial charge in [-0.15, -0.1) is 0 Å². The zero-order valence-electron chi connectivity index (χ0n) is 9.90. The molecule has 0 saturated carbocycles. The van der Waals surface area contributed by atoms with Crippen molar-refractivity contribution in [3.63, 3.8) is 0 Å². The maximum absolute atomic E-state index is 11.7. The van der Waals surface area contributed by atoms with Crippen molar-refractivity contribution in [2.24, 2.45) is 5.73 Å². The van der Waals surface area contributed by atoms with Gasteiger partial charge in [-0.1, -0.05) is 0 Å². The lowest BCUT2D eigenvalue weighted by atomic mass is 10.1. The lowest BCUT2D eigenvalue weighted by Gasteiger charge is -2.02. The minimum atomic E-state index is -0.845. The first-order valence-electron chi connectivity index (χ1n) is 5.28. The summed E-state index contributed by atoms with van der Waals surface area (Å²) in [6, 6.07) is 5.41. The van der Waals surface area contributed by atoms with E-state index in [4.69, 9.17) is 5.73 Å². The summed E-state index contributed by atoms with van der Waals surface area (Å²) in [4.78, 5) is 31.9. The fraction of sp³-hybridized carbons (Fsp3) is 0.273. The molecule has 0 bridgehead atoms. The van der Waals surface area contributed by atoms with Gasteiger partial charge in [-0.2, -0.15) is 11.8 Å². The molecule has 0 saturated heterocycles. The van der Waals surface area contributed by atoms with Gasteiger partial charge in [0.05, 0.1) is 10.7 Å². The van der Waals surface area contributed by atoms with E-state index in [0.717, 1.165) is 0 Å². The van der Waals surface area contributed by atoms with Crippen LogP contribution in [0.15, 0.2) is 24.3 Å². The van der Waals surface area contributed by atoms with Crippen LogP contribution in [0.3, 0.4) is 0 Å². The average Bonchev–Trinajstić information content (AvgIpc) is 2.37. The third kappa shape index (κ3) is 5.38. The van der Waals surface area contributed by atoms with E-state index in [1.165, 1.54) is 36.0 Å². The lowest BCUT2D eigenvalue weighted by molar-refractivity contribution is -0.384. The second kappa shape index (κ2) is 7.37. The summed E-state index contributed by atoms with van der Waals surface area (Å²) in [7, 11) is 0. The molecule has 2 N–H and O–H groups in total. The Bertz CT molecular complexity index is 474. The molecule has 19 heavy (non-hydrogen) atoms. The topological polar surface area (TPSA) is 113 Å². The average molecular weight is 284 g/mol. The van der Waals surface area contributed by atoms with Gasteiger partial charge in [0.2, 0.25) is 0 Å². The first-order valence-corrected chi connectivity index (χ1v) is 6.44. The molecule has 0 aromatic heterocycles. The molecule has 8 heteroatoms. The maximum Gasteiger partial charge on any atom is 0.404 e. The van der Waals surface area contributed by atoms with Gasteiger partial charge in [-0.25, -0.2) is 4.79 Å². The highest BCUT2D eigenvalue weighted by molar-refractivity contribution is 8.00. The minimum Gasteiger partial charge on any atom is -0.449 e. The number of hydrogen-bond donors (Lipinski definition) is 1. The molecular formula is C11H12N2O5S. The number of nitrogens with zero attached hydrogens (tertiary/aromatic N) is 1. The SMILES string of the molecule is NC(=O)OCCSCC(=O)c1ccc([N+](=O)[O-])cc1. The number of non-ortho nitro benzene ring substituents is 1. The Hall–Kier alpha value is -2.09. The number of ketones is 1. The first kappa shape index (κ1) is 15.0. The first-order chi connectivity index (χ1) is 9.00. The zero-order chi connectivity index (χ0) is 14.3. The van der Waals surface area contributed by atoms with E-state index in [-0.39, 0.29) is 23.8 Å². The van der Waals surface area contributed by atoms with Crippen LogP contribution in [0.1, 0.15) is 10.4 Å². The molecule has 1 aromatic carbocycles. The van der Waals surface area contributed by atoms with E-state index >= 15 is 0 Å². The molecule has 0 aliphatic rings. The number of benzene rings is 1. The summed E-state index contributed by atoms with van der Waals surface area (Å²) in [5.41, 5.74) is 5.13. The van der Waals surface area contributed by atoms with Crippen molar-refractivity contribution in [2.45, 2.75) is 0 Å². The Kier molecular flexibility index (Phi) is 5.80. The number of ether oxygens (including phenoxy) is 1. The van der Waals surface area contributed by atoms with Crippen molar-refractivity contribution in [1.29, 1.82) is 0 Å². The quantitative estimate of drug-likeness (QED) is 0.352. The predicted octanol–water partition coefficient (Wildman–Crippen LogP) is 1.61. The molecule has 1 rings (SSSR count). The number of thioether (sulfide) groups is 1. The Morgan fingerprint density at radius 3 is 2.47 bits per heavy atom. The standard InChI is InChI=1S/C11H12N2O5S/c12-11(15)18-5-6-19-7-10(14)8-1-3-9(4-2-8)13(16)17/h1-4H,5-7H2,(H2,12,15). The van der Waals surface area contributed by atoms with E-state index in [9.17, 15) is 19.7 Å². The highest BCUT2D eigenvalue weighted by Gasteiger charge is 2.09. The molecule has 0 aliphatic heterocycles. The fourth-order valence-corrected chi connectivity index (χ4v) is 1.92. The van der Waals surface area contributed by atoms with Crippen LogP contribution in [-0.4, -0.2) is 34.9 Å². The van der Waals surface area contributed by atoms with E-state index < -0.39 is 11.0 Å². The third-order valence-corrected chi connectivity index (χ3v) is 3.03. The Balaban J connectivity index is 2.37. The van der Waals surface area contributed by atoms with Crippen LogP contribution in [0.4, 0.5) is 10.5 Å².